The Morgan fingerprint density at radius 3 is 2.77 bits per heavy atom. The minimum Gasteiger partial charge on any atom is -0.492 e. The van der Waals surface area contributed by atoms with E-state index in [1.807, 2.05) is 13.0 Å². The molecular weight excluding hydrogens is 386 g/mol. The van der Waals surface area contributed by atoms with Gasteiger partial charge in [-0.2, -0.15) is 5.26 Å². The first-order valence-corrected chi connectivity index (χ1v) is 9.01. The van der Waals surface area contributed by atoms with Gasteiger partial charge in [-0.3, -0.25) is 14.9 Å². The lowest BCUT2D eigenvalue weighted by Crippen LogP contribution is -2.14. The smallest absolute Gasteiger partial charge is 0.270 e. The Morgan fingerprint density at radius 1 is 1.23 bits per heavy atom. The Bertz CT molecular complexity index is 1160. The minimum atomic E-state index is -0.613. The van der Waals surface area contributed by atoms with E-state index in [0.29, 0.717) is 29.4 Å². The van der Waals surface area contributed by atoms with E-state index in [1.54, 1.807) is 48.5 Å². The summed E-state index contributed by atoms with van der Waals surface area (Å²) in [6, 6.07) is 17.9. The number of nitrogens with zero attached hydrogens (tertiary/aromatic N) is 2. The van der Waals surface area contributed by atoms with Gasteiger partial charge in [-0.1, -0.05) is 24.3 Å². The number of nitriles is 1. The average Bonchev–Trinajstić information content (AvgIpc) is 3.22. The molecule has 1 amide bonds. The number of benzene rings is 2. The van der Waals surface area contributed by atoms with Crippen LogP contribution in [0.25, 0.3) is 17.4 Å². The highest BCUT2D eigenvalue weighted by Crippen LogP contribution is 2.27. The van der Waals surface area contributed by atoms with Crippen LogP contribution in [0.5, 0.6) is 5.75 Å². The van der Waals surface area contributed by atoms with Crippen molar-refractivity contribution >= 4 is 23.4 Å². The molecule has 1 aromatic heterocycles. The van der Waals surface area contributed by atoms with Crippen LogP contribution >= 0.6 is 0 Å². The van der Waals surface area contributed by atoms with Crippen molar-refractivity contribution in [1.82, 2.24) is 0 Å². The third-order valence-electron chi connectivity index (χ3n) is 4.06. The van der Waals surface area contributed by atoms with Crippen LogP contribution in [-0.4, -0.2) is 17.4 Å². The summed E-state index contributed by atoms with van der Waals surface area (Å²) in [5, 5.41) is 23.0. The maximum atomic E-state index is 12.5. The zero-order valence-corrected chi connectivity index (χ0v) is 16.0. The second-order valence-electron chi connectivity index (χ2n) is 6.06. The summed E-state index contributed by atoms with van der Waals surface area (Å²) in [4.78, 5) is 23.0. The largest absolute Gasteiger partial charge is 0.492 e. The van der Waals surface area contributed by atoms with Gasteiger partial charge in [0.05, 0.1) is 17.2 Å². The lowest BCUT2D eigenvalue weighted by molar-refractivity contribution is -0.384. The van der Waals surface area contributed by atoms with Crippen LogP contribution in [0.15, 0.2) is 70.7 Å². The van der Waals surface area contributed by atoms with Crippen molar-refractivity contribution < 1.29 is 18.9 Å². The molecule has 0 aliphatic heterocycles. The minimum absolute atomic E-state index is 0.0638. The number of furan rings is 1. The van der Waals surface area contributed by atoms with Crippen molar-refractivity contribution in [2.45, 2.75) is 6.92 Å². The zero-order chi connectivity index (χ0) is 21.5. The van der Waals surface area contributed by atoms with Crippen molar-refractivity contribution in [3.63, 3.8) is 0 Å². The Balaban J connectivity index is 1.82. The molecule has 8 heteroatoms. The normalized spacial score (nSPS) is 10.9. The summed E-state index contributed by atoms with van der Waals surface area (Å²) < 4.78 is 11.1. The lowest BCUT2D eigenvalue weighted by atomic mass is 10.1. The number of hydrogen-bond donors (Lipinski definition) is 1. The fraction of sp³-hybridized carbons (Fsp3) is 0.0909. The molecule has 0 saturated heterocycles. The van der Waals surface area contributed by atoms with E-state index in [4.69, 9.17) is 9.15 Å². The van der Waals surface area contributed by atoms with Gasteiger partial charge >= 0.3 is 0 Å². The quantitative estimate of drug-likeness (QED) is 0.262. The van der Waals surface area contributed by atoms with Crippen molar-refractivity contribution in [3.05, 3.63) is 82.1 Å². The second kappa shape index (κ2) is 9.21. The molecule has 0 unspecified atom stereocenters. The summed E-state index contributed by atoms with van der Waals surface area (Å²) in [5.74, 6) is 0.528. The fourth-order valence-electron chi connectivity index (χ4n) is 2.69. The van der Waals surface area contributed by atoms with Gasteiger partial charge < -0.3 is 14.5 Å². The highest BCUT2D eigenvalue weighted by molar-refractivity contribution is 6.10. The molecule has 0 fully saturated rings. The number of carbonyl (C=O) groups excluding carboxylic acids is 1. The lowest BCUT2D eigenvalue weighted by Gasteiger charge is -2.10. The van der Waals surface area contributed by atoms with Crippen molar-refractivity contribution in [3.8, 4) is 23.1 Å². The molecule has 0 atom stereocenters. The Hall–Kier alpha value is -4.38. The van der Waals surface area contributed by atoms with E-state index < -0.39 is 10.8 Å². The average molecular weight is 403 g/mol. The number of amides is 1. The standard InChI is InChI=1S/C22H17N3O5/c1-2-29-21-9-4-3-8-19(21)24-22(26)16(14-23)13-18-10-11-20(30-18)15-6-5-7-17(12-15)25(27)28/h3-13H,2H2,1H3,(H,24,26)/b16-13-. The Morgan fingerprint density at radius 2 is 2.03 bits per heavy atom. The monoisotopic (exact) mass is 403 g/mol. The first-order valence-electron chi connectivity index (χ1n) is 9.01. The molecule has 1 N–H and O–H groups in total. The van der Waals surface area contributed by atoms with Crippen molar-refractivity contribution in [1.29, 1.82) is 5.26 Å². The molecule has 0 aliphatic carbocycles. The summed E-state index contributed by atoms with van der Waals surface area (Å²) in [6.45, 7) is 2.26. The molecule has 0 spiro atoms. The molecule has 150 valence electrons. The summed E-state index contributed by atoms with van der Waals surface area (Å²) in [6.07, 6.45) is 1.31. The molecule has 8 nitrogen and oxygen atoms in total. The third kappa shape index (κ3) is 4.72. The van der Waals surface area contributed by atoms with Crippen LogP contribution in [0.4, 0.5) is 11.4 Å². The van der Waals surface area contributed by atoms with E-state index in [9.17, 15) is 20.2 Å². The van der Waals surface area contributed by atoms with Crippen LogP contribution in [-0.2, 0) is 4.79 Å². The number of rotatable bonds is 7. The molecule has 2 aromatic carbocycles. The molecule has 0 radical (unpaired) electrons. The first kappa shape index (κ1) is 20.4. The van der Waals surface area contributed by atoms with Crippen molar-refractivity contribution in [2.75, 3.05) is 11.9 Å². The number of nitrogens with one attached hydrogen (secondary N) is 1. The molecule has 3 rings (SSSR count). The van der Waals surface area contributed by atoms with Gasteiger partial charge in [0, 0.05) is 23.8 Å². The second-order valence-corrected chi connectivity index (χ2v) is 6.06. The Labute approximate surface area is 172 Å². The molecule has 3 aromatic rings. The third-order valence-corrected chi connectivity index (χ3v) is 4.06. The number of anilines is 1. The number of para-hydroxylation sites is 2. The number of non-ortho nitro benzene ring substituents is 1. The number of hydrogen-bond acceptors (Lipinski definition) is 6. The van der Waals surface area contributed by atoms with E-state index in [0.717, 1.165) is 0 Å². The van der Waals surface area contributed by atoms with Crippen LogP contribution < -0.4 is 10.1 Å². The number of carbonyl (C=O) groups is 1. The van der Waals surface area contributed by atoms with Crippen LogP contribution in [0, 0.1) is 21.4 Å². The maximum absolute atomic E-state index is 12.5. The molecule has 0 saturated carbocycles. The first-order chi connectivity index (χ1) is 14.5. The van der Waals surface area contributed by atoms with Gasteiger partial charge in [0.25, 0.3) is 11.6 Å². The van der Waals surface area contributed by atoms with E-state index in [2.05, 4.69) is 5.32 Å². The SMILES string of the molecule is CCOc1ccccc1NC(=O)/C(C#N)=C\c1ccc(-c2cccc([N+](=O)[O-])c2)o1. The summed E-state index contributed by atoms with van der Waals surface area (Å²) in [5.41, 5.74) is 0.729. The molecule has 0 bridgehead atoms. The van der Waals surface area contributed by atoms with Crippen LogP contribution in [0.3, 0.4) is 0 Å². The Kier molecular flexibility index (Phi) is 6.25. The van der Waals surface area contributed by atoms with Crippen molar-refractivity contribution in [2.24, 2.45) is 0 Å². The number of ether oxygens (including phenoxy) is 1. The zero-order valence-electron chi connectivity index (χ0n) is 16.0. The van der Waals surface area contributed by atoms with E-state index in [-0.39, 0.29) is 17.0 Å². The summed E-state index contributed by atoms with van der Waals surface area (Å²) >= 11 is 0. The van der Waals surface area contributed by atoms with Gasteiger partial charge in [0.1, 0.15) is 28.9 Å². The van der Waals surface area contributed by atoms with Gasteiger partial charge in [-0.15, -0.1) is 0 Å². The predicted molar refractivity (Wildman–Crippen MR) is 111 cm³/mol. The van der Waals surface area contributed by atoms with Crippen LogP contribution in [0.2, 0.25) is 0 Å². The topological polar surface area (TPSA) is 118 Å². The summed E-state index contributed by atoms with van der Waals surface area (Å²) in [7, 11) is 0. The van der Waals surface area contributed by atoms with Gasteiger partial charge in [-0.05, 0) is 31.2 Å². The number of nitro benzene ring substituents is 1. The highest BCUT2D eigenvalue weighted by Gasteiger charge is 2.14. The van der Waals surface area contributed by atoms with E-state index in [1.165, 1.54) is 18.2 Å². The highest BCUT2D eigenvalue weighted by atomic mass is 16.6. The predicted octanol–water partition coefficient (Wildman–Crippen LogP) is 4.80. The molecule has 0 aliphatic rings. The molecule has 1 heterocycles. The van der Waals surface area contributed by atoms with Gasteiger partial charge in [0.2, 0.25) is 0 Å². The van der Waals surface area contributed by atoms with E-state index >= 15 is 0 Å². The van der Waals surface area contributed by atoms with Crippen LogP contribution in [0.1, 0.15) is 12.7 Å². The van der Waals surface area contributed by atoms with Gasteiger partial charge in [0.15, 0.2) is 0 Å². The maximum Gasteiger partial charge on any atom is 0.270 e. The fourth-order valence-corrected chi connectivity index (χ4v) is 2.69. The number of nitro groups is 1. The van der Waals surface area contributed by atoms with Gasteiger partial charge in [-0.25, -0.2) is 0 Å². The molecular formula is C22H17N3O5. The molecule has 30 heavy (non-hydrogen) atoms.